The lowest BCUT2D eigenvalue weighted by Gasteiger charge is -2.30. The van der Waals surface area contributed by atoms with E-state index in [1.54, 1.807) is 13.8 Å². The maximum absolute atomic E-state index is 12.3. The molecule has 0 fully saturated rings. The highest BCUT2D eigenvalue weighted by Gasteiger charge is 2.39. The van der Waals surface area contributed by atoms with Crippen molar-refractivity contribution >= 4 is 20.3 Å². The number of unbranched alkanes of at least 4 members (excludes halogenated alkanes) is 2. The zero-order chi connectivity index (χ0) is 17.2. The van der Waals surface area contributed by atoms with E-state index in [0.29, 0.717) is 13.0 Å². The molecule has 6 heteroatoms. The molecule has 0 bridgehead atoms. The van der Waals surface area contributed by atoms with E-state index in [4.69, 9.17) is 13.9 Å². The third-order valence-corrected chi connectivity index (χ3v) is 4.03. The van der Waals surface area contributed by atoms with Crippen molar-refractivity contribution in [3.05, 3.63) is 0 Å². The van der Waals surface area contributed by atoms with E-state index in [9.17, 15) is 9.59 Å². The van der Waals surface area contributed by atoms with E-state index in [1.807, 2.05) is 19.6 Å². The standard InChI is InChI=1S/C16H32O5Si/c1-7-10-11-12-13(15(17)19-8-2)14(16(18)20-9-3)21-22(4,5)6/h13-14H,7-12H2,1-6H3/t13-,14+/m1/s1. The van der Waals surface area contributed by atoms with Gasteiger partial charge in [-0.15, -0.1) is 0 Å². The highest BCUT2D eigenvalue weighted by atomic mass is 28.4. The van der Waals surface area contributed by atoms with Crippen LogP contribution in [0.4, 0.5) is 0 Å². The molecule has 0 N–H and O–H groups in total. The quantitative estimate of drug-likeness (QED) is 0.329. The lowest BCUT2D eigenvalue weighted by molar-refractivity contribution is -0.165. The Kier molecular flexibility index (Phi) is 10.3. The van der Waals surface area contributed by atoms with Crippen LogP contribution in [0, 0.1) is 5.92 Å². The summed E-state index contributed by atoms with van der Waals surface area (Å²) in [7, 11) is -2.00. The summed E-state index contributed by atoms with van der Waals surface area (Å²) >= 11 is 0. The van der Waals surface area contributed by atoms with Gasteiger partial charge in [0, 0.05) is 0 Å². The van der Waals surface area contributed by atoms with Crippen LogP contribution in [0.1, 0.15) is 46.5 Å². The zero-order valence-electron chi connectivity index (χ0n) is 14.9. The second-order valence-corrected chi connectivity index (χ2v) is 10.7. The largest absolute Gasteiger partial charge is 0.466 e. The van der Waals surface area contributed by atoms with Crippen molar-refractivity contribution in [2.24, 2.45) is 5.92 Å². The summed E-state index contributed by atoms with van der Waals surface area (Å²) in [6.45, 7) is 12.2. The minimum absolute atomic E-state index is 0.273. The molecular formula is C16H32O5Si. The van der Waals surface area contributed by atoms with Crippen molar-refractivity contribution in [2.75, 3.05) is 13.2 Å². The Morgan fingerprint density at radius 1 is 0.909 bits per heavy atom. The summed E-state index contributed by atoms with van der Waals surface area (Å²) in [5, 5.41) is 0. The smallest absolute Gasteiger partial charge is 0.334 e. The first-order valence-corrected chi connectivity index (χ1v) is 11.7. The molecule has 0 aromatic heterocycles. The van der Waals surface area contributed by atoms with Crippen LogP contribution >= 0.6 is 0 Å². The van der Waals surface area contributed by atoms with Gasteiger partial charge in [0.05, 0.1) is 19.1 Å². The summed E-state index contributed by atoms with van der Waals surface area (Å²) in [5.41, 5.74) is 0. The summed E-state index contributed by atoms with van der Waals surface area (Å²) in [5.74, 6) is -1.41. The molecule has 0 amide bonds. The third kappa shape index (κ3) is 8.53. The van der Waals surface area contributed by atoms with Crippen molar-refractivity contribution in [1.82, 2.24) is 0 Å². The molecule has 0 heterocycles. The van der Waals surface area contributed by atoms with Gasteiger partial charge in [0.25, 0.3) is 0 Å². The van der Waals surface area contributed by atoms with Gasteiger partial charge in [0.15, 0.2) is 14.4 Å². The lowest BCUT2D eigenvalue weighted by atomic mass is 9.95. The van der Waals surface area contributed by atoms with Crippen LogP contribution in [0.3, 0.4) is 0 Å². The van der Waals surface area contributed by atoms with E-state index in [1.165, 1.54) is 0 Å². The van der Waals surface area contributed by atoms with Gasteiger partial charge in [0.2, 0.25) is 0 Å². The fraction of sp³-hybridized carbons (Fsp3) is 0.875. The summed E-state index contributed by atoms with van der Waals surface area (Å²) in [4.78, 5) is 24.5. The highest BCUT2D eigenvalue weighted by molar-refractivity contribution is 6.69. The lowest BCUT2D eigenvalue weighted by Crippen LogP contribution is -2.45. The van der Waals surface area contributed by atoms with E-state index in [-0.39, 0.29) is 12.6 Å². The van der Waals surface area contributed by atoms with Crippen LogP contribution in [0.2, 0.25) is 19.6 Å². The van der Waals surface area contributed by atoms with Crippen molar-refractivity contribution < 1.29 is 23.5 Å². The predicted molar refractivity (Wildman–Crippen MR) is 89.1 cm³/mol. The Bertz CT molecular complexity index is 338. The number of carbonyl (C=O) groups is 2. The number of carbonyl (C=O) groups excluding carboxylic acids is 2. The number of esters is 2. The molecule has 0 aliphatic rings. The summed E-state index contributed by atoms with van der Waals surface area (Å²) in [6, 6.07) is 0. The fourth-order valence-corrected chi connectivity index (χ4v) is 3.18. The van der Waals surface area contributed by atoms with Crippen molar-refractivity contribution in [2.45, 2.75) is 72.2 Å². The van der Waals surface area contributed by atoms with Crippen molar-refractivity contribution in [3.63, 3.8) is 0 Å². The van der Waals surface area contributed by atoms with Crippen LogP contribution in [0.15, 0.2) is 0 Å². The van der Waals surface area contributed by atoms with Gasteiger partial charge >= 0.3 is 11.9 Å². The normalized spacial score (nSPS) is 14.3. The number of hydrogen-bond donors (Lipinski definition) is 0. The number of hydrogen-bond acceptors (Lipinski definition) is 5. The number of rotatable bonds is 11. The maximum Gasteiger partial charge on any atom is 0.334 e. The maximum atomic E-state index is 12.3. The first-order valence-electron chi connectivity index (χ1n) is 8.27. The first-order chi connectivity index (χ1) is 10.3. The van der Waals surface area contributed by atoms with Crippen molar-refractivity contribution in [1.29, 1.82) is 0 Å². The van der Waals surface area contributed by atoms with Gasteiger partial charge in [-0.1, -0.05) is 26.2 Å². The molecular weight excluding hydrogens is 300 g/mol. The van der Waals surface area contributed by atoms with Crippen LogP contribution in [0.5, 0.6) is 0 Å². The molecule has 130 valence electrons. The molecule has 0 aliphatic heterocycles. The molecule has 2 atom stereocenters. The molecule has 5 nitrogen and oxygen atoms in total. The van der Waals surface area contributed by atoms with Gasteiger partial charge in [-0.3, -0.25) is 4.79 Å². The topological polar surface area (TPSA) is 61.8 Å². The molecule has 0 radical (unpaired) electrons. The molecule has 0 aromatic carbocycles. The zero-order valence-corrected chi connectivity index (χ0v) is 15.9. The Labute approximate surface area is 135 Å². The van der Waals surface area contributed by atoms with Crippen molar-refractivity contribution in [3.8, 4) is 0 Å². The monoisotopic (exact) mass is 332 g/mol. The second-order valence-electron chi connectivity index (χ2n) is 6.26. The van der Waals surface area contributed by atoms with E-state index in [2.05, 4.69) is 6.92 Å². The molecule has 0 spiro atoms. The van der Waals surface area contributed by atoms with Crippen LogP contribution < -0.4 is 0 Å². The predicted octanol–water partition coefficient (Wildman–Crippen LogP) is 3.53. The minimum Gasteiger partial charge on any atom is -0.466 e. The minimum atomic E-state index is -2.00. The number of ether oxygens (including phenoxy) is 2. The SMILES string of the molecule is CCCCC[C@@H](C(=O)OCC)[C@H](O[Si](C)(C)C)C(=O)OCC. The first kappa shape index (κ1) is 21.1. The fourth-order valence-electron chi connectivity index (χ4n) is 2.16. The summed E-state index contributed by atoms with van der Waals surface area (Å²) in [6.07, 6.45) is 2.65. The molecule has 0 unspecified atom stereocenters. The van der Waals surface area contributed by atoms with E-state index < -0.39 is 26.3 Å². The Hall–Kier alpha value is -0.883. The average Bonchev–Trinajstić information content (AvgIpc) is 2.41. The molecule has 22 heavy (non-hydrogen) atoms. The molecule has 0 saturated carbocycles. The second kappa shape index (κ2) is 10.8. The van der Waals surface area contributed by atoms with Gasteiger partial charge in [-0.2, -0.15) is 0 Å². The molecule has 0 rings (SSSR count). The Morgan fingerprint density at radius 3 is 1.91 bits per heavy atom. The van der Waals surface area contributed by atoms with E-state index >= 15 is 0 Å². The van der Waals surface area contributed by atoms with Gasteiger partial charge in [-0.05, 0) is 39.9 Å². The molecule has 0 aromatic rings. The molecule has 0 aliphatic carbocycles. The Morgan fingerprint density at radius 2 is 1.45 bits per heavy atom. The van der Waals surface area contributed by atoms with Crippen LogP contribution in [0.25, 0.3) is 0 Å². The van der Waals surface area contributed by atoms with Gasteiger partial charge in [-0.25, -0.2) is 4.79 Å². The average molecular weight is 333 g/mol. The van der Waals surface area contributed by atoms with Gasteiger partial charge < -0.3 is 13.9 Å². The highest BCUT2D eigenvalue weighted by Crippen LogP contribution is 2.23. The molecule has 0 saturated heterocycles. The van der Waals surface area contributed by atoms with Gasteiger partial charge in [0.1, 0.15) is 0 Å². The third-order valence-electron chi connectivity index (χ3n) is 3.07. The Balaban J connectivity index is 5.21. The summed E-state index contributed by atoms with van der Waals surface area (Å²) < 4.78 is 16.2. The van der Waals surface area contributed by atoms with Crippen LogP contribution in [-0.4, -0.2) is 39.6 Å². The van der Waals surface area contributed by atoms with E-state index in [0.717, 1.165) is 19.3 Å². The van der Waals surface area contributed by atoms with Crippen LogP contribution in [-0.2, 0) is 23.5 Å².